The number of hydrogen-bond donors (Lipinski definition) is 1. The van der Waals surface area contributed by atoms with Crippen molar-refractivity contribution in [1.82, 2.24) is 0 Å². The minimum absolute atomic E-state index is 0.111. The third-order valence-electron chi connectivity index (χ3n) is 3.08. The minimum atomic E-state index is -0.174. The predicted octanol–water partition coefficient (Wildman–Crippen LogP) is 1.41. The molecule has 0 spiro atoms. The number of hydrogen-bond acceptors (Lipinski definition) is 3. The first-order valence-electron chi connectivity index (χ1n) is 5.69. The molecular weight excluding hydrogens is 202 g/mol. The van der Waals surface area contributed by atoms with E-state index in [2.05, 4.69) is 6.92 Å². The fourth-order valence-electron chi connectivity index (χ4n) is 2.00. The van der Waals surface area contributed by atoms with E-state index in [0.717, 1.165) is 12.0 Å². The second-order valence-corrected chi connectivity index (χ2v) is 4.23. The Morgan fingerprint density at radius 2 is 2.31 bits per heavy atom. The molecule has 2 atom stereocenters. The summed E-state index contributed by atoms with van der Waals surface area (Å²) in [4.78, 5) is 12.2. The number of Topliss-reactive ketones (excluding diaryl/α,β-unsaturated/α-hetero) is 1. The molecule has 0 aliphatic carbocycles. The Labute approximate surface area is 95.6 Å². The number of benzene rings is 1. The van der Waals surface area contributed by atoms with Crippen LogP contribution in [0.5, 0.6) is 0 Å². The molecule has 2 unspecified atom stereocenters. The van der Waals surface area contributed by atoms with Crippen molar-refractivity contribution in [2.45, 2.75) is 19.4 Å². The second-order valence-electron chi connectivity index (χ2n) is 4.23. The van der Waals surface area contributed by atoms with E-state index < -0.39 is 0 Å². The largest absolute Gasteiger partial charge is 0.379 e. The molecule has 3 heteroatoms. The van der Waals surface area contributed by atoms with Gasteiger partial charge in [0.15, 0.2) is 5.78 Å². The predicted molar refractivity (Wildman–Crippen MR) is 62.4 cm³/mol. The molecule has 2 rings (SSSR count). The van der Waals surface area contributed by atoms with E-state index >= 15 is 0 Å². The Balaban J connectivity index is 2.19. The summed E-state index contributed by atoms with van der Waals surface area (Å²) in [5, 5.41) is 0. The van der Waals surface area contributed by atoms with Crippen LogP contribution in [0.1, 0.15) is 22.8 Å². The number of carbonyl (C=O) groups excluding carboxylic acids is 1. The van der Waals surface area contributed by atoms with E-state index in [1.807, 2.05) is 24.3 Å². The van der Waals surface area contributed by atoms with E-state index in [-0.39, 0.29) is 17.7 Å². The molecule has 1 saturated heterocycles. The van der Waals surface area contributed by atoms with Crippen LogP contribution in [0.25, 0.3) is 0 Å². The highest BCUT2D eigenvalue weighted by molar-refractivity contribution is 5.98. The third kappa shape index (κ3) is 2.15. The molecule has 1 aliphatic rings. The summed E-state index contributed by atoms with van der Waals surface area (Å²) in [5.74, 6) is -0.0626. The third-order valence-corrected chi connectivity index (χ3v) is 3.08. The molecule has 0 saturated carbocycles. The average Bonchev–Trinajstić information content (AvgIpc) is 2.74. The zero-order valence-electron chi connectivity index (χ0n) is 9.48. The van der Waals surface area contributed by atoms with E-state index in [9.17, 15) is 4.79 Å². The Morgan fingerprint density at radius 3 is 2.94 bits per heavy atom. The standard InChI is InChI=1S/C13H17NO2/c1-2-9-4-3-5-10(6-9)13(15)11-7-16-8-12(11)14/h3-6,11-12H,2,7-8,14H2,1H3. The van der Waals surface area contributed by atoms with Crippen molar-refractivity contribution < 1.29 is 9.53 Å². The van der Waals surface area contributed by atoms with Crippen LogP contribution in [0.15, 0.2) is 24.3 Å². The van der Waals surface area contributed by atoms with Gasteiger partial charge in [-0.15, -0.1) is 0 Å². The molecule has 1 fully saturated rings. The van der Waals surface area contributed by atoms with Gasteiger partial charge in [-0.05, 0) is 18.1 Å². The van der Waals surface area contributed by atoms with Crippen LogP contribution in [0, 0.1) is 5.92 Å². The molecule has 0 radical (unpaired) electrons. The molecule has 16 heavy (non-hydrogen) atoms. The van der Waals surface area contributed by atoms with Crippen molar-refractivity contribution in [3.05, 3.63) is 35.4 Å². The Morgan fingerprint density at radius 1 is 1.50 bits per heavy atom. The van der Waals surface area contributed by atoms with Gasteiger partial charge in [0.25, 0.3) is 0 Å². The summed E-state index contributed by atoms with van der Waals surface area (Å²) in [6.07, 6.45) is 0.939. The summed E-state index contributed by atoms with van der Waals surface area (Å²) in [6, 6.07) is 7.60. The number of aryl methyl sites for hydroxylation is 1. The van der Waals surface area contributed by atoms with Crippen molar-refractivity contribution in [3.8, 4) is 0 Å². The van der Waals surface area contributed by atoms with Crippen LogP contribution in [0.2, 0.25) is 0 Å². The SMILES string of the molecule is CCc1cccc(C(=O)C2COCC2N)c1. The van der Waals surface area contributed by atoms with Crippen LogP contribution >= 0.6 is 0 Å². The first kappa shape index (κ1) is 11.3. The van der Waals surface area contributed by atoms with Gasteiger partial charge in [0.2, 0.25) is 0 Å². The molecule has 3 nitrogen and oxygen atoms in total. The highest BCUT2D eigenvalue weighted by atomic mass is 16.5. The number of ether oxygens (including phenoxy) is 1. The van der Waals surface area contributed by atoms with Crippen LogP contribution < -0.4 is 5.73 Å². The maximum Gasteiger partial charge on any atom is 0.169 e. The number of ketones is 1. The van der Waals surface area contributed by atoms with Gasteiger partial charge in [-0.3, -0.25) is 4.79 Å². The number of nitrogens with two attached hydrogens (primary N) is 1. The zero-order chi connectivity index (χ0) is 11.5. The molecule has 0 bridgehead atoms. The topological polar surface area (TPSA) is 52.3 Å². The van der Waals surface area contributed by atoms with Gasteiger partial charge in [0.05, 0.1) is 19.1 Å². The van der Waals surface area contributed by atoms with Gasteiger partial charge < -0.3 is 10.5 Å². The average molecular weight is 219 g/mol. The number of rotatable bonds is 3. The Bertz CT molecular complexity index is 389. The van der Waals surface area contributed by atoms with Crippen LogP contribution in [-0.4, -0.2) is 25.0 Å². The van der Waals surface area contributed by atoms with Crippen molar-refractivity contribution in [1.29, 1.82) is 0 Å². The van der Waals surface area contributed by atoms with Gasteiger partial charge in [0.1, 0.15) is 0 Å². The second kappa shape index (κ2) is 4.76. The van der Waals surface area contributed by atoms with Crippen LogP contribution in [-0.2, 0) is 11.2 Å². The summed E-state index contributed by atoms with van der Waals surface area (Å²) in [6.45, 7) is 3.02. The Kier molecular flexibility index (Phi) is 3.36. The van der Waals surface area contributed by atoms with Gasteiger partial charge in [-0.1, -0.05) is 25.1 Å². The summed E-state index contributed by atoms with van der Waals surface area (Å²) in [7, 11) is 0. The fraction of sp³-hybridized carbons (Fsp3) is 0.462. The smallest absolute Gasteiger partial charge is 0.169 e. The fourth-order valence-corrected chi connectivity index (χ4v) is 2.00. The Hall–Kier alpha value is -1.19. The number of carbonyl (C=O) groups is 1. The quantitative estimate of drug-likeness (QED) is 0.782. The van der Waals surface area contributed by atoms with E-state index in [1.54, 1.807) is 0 Å². The van der Waals surface area contributed by atoms with E-state index in [0.29, 0.717) is 13.2 Å². The molecular formula is C13H17NO2. The highest BCUT2D eigenvalue weighted by Gasteiger charge is 2.31. The van der Waals surface area contributed by atoms with E-state index in [4.69, 9.17) is 10.5 Å². The minimum Gasteiger partial charge on any atom is -0.379 e. The monoisotopic (exact) mass is 219 g/mol. The maximum absolute atomic E-state index is 12.2. The maximum atomic E-state index is 12.2. The van der Waals surface area contributed by atoms with Gasteiger partial charge in [-0.25, -0.2) is 0 Å². The molecule has 0 aromatic heterocycles. The summed E-state index contributed by atoms with van der Waals surface area (Å²) in [5.41, 5.74) is 7.78. The normalized spacial score (nSPS) is 24.6. The molecule has 1 aromatic rings. The molecule has 0 amide bonds. The molecule has 2 N–H and O–H groups in total. The van der Waals surface area contributed by atoms with Crippen molar-refractivity contribution in [2.24, 2.45) is 11.7 Å². The lowest BCUT2D eigenvalue weighted by molar-refractivity contribution is 0.0896. The lowest BCUT2D eigenvalue weighted by Crippen LogP contribution is -2.34. The van der Waals surface area contributed by atoms with Crippen molar-refractivity contribution in [2.75, 3.05) is 13.2 Å². The highest BCUT2D eigenvalue weighted by Crippen LogP contribution is 2.18. The van der Waals surface area contributed by atoms with Crippen LogP contribution in [0.3, 0.4) is 0 Å². The zero-order valence-corrected chi connectivity index (χ0v) is 9.48. The molecule has 1 aliphatic heterocycles. The van der Waals surface area contributed by atoms with Crippen molar-refractivity contribution >= 4 is 5.78 Å². The molecule has 1 heterocycles. The lowest BCUT2D eigenvalue weighted by atomic mass is 9.93. The molecule has 86 valence electrons. The first-order chi connectivity index (χ1) is 7.72. The van der Waals surface area contributed by atoms with Gasteiger partial charge >= 0.3 is 0 Å². The van der Waals surface area contributed by atoms with Gasteiger partial charge in [-0.2, -0.15) is 0 Å². The van der Waals surface area contributed by atoms with Crippen LogP contribution in [0.4, 0.5) is 0 Å². The molecule has 1 aromatic carbocycles. The van der Waals surface area contributed by atoms with Gasteiger partial charge in [0, 0.05) is 11.6 Å². The van der Waals surface area contributed by atoms with E-state index in [1.165, 1.54) is 5.56 Å². The van der Waals surface area contributed by atoms with Crippen molar-refractivity contribution in [3.63, 3.8) is 0 Å². The summed E-state index contributed by atoms with van der Waals surface area (Å²) < 4.78 is 5.22. The summed E-state index contributed by atoms with van der Waals surface area (Å²) >= 11 is 0. The first-order valence-corrected chi connectivity index (χ1v) is 5.69. The lowest BCUT2D eigenvalue weighted by Gasteiger charge is -2.12.